The van der Waals surface area contributed by atoms with Gasteiger partial charge in [-0.05, 0) is 24.5 Å². The lowest BCUT2D eigenvalue weighted by Gasteiger charge is -2.34. The van der Waals surface area contributed by atoms with Crippen LogP contribution in [0.3, 0.4) is 0 Å². The van der Waals surface area contributed by atoms with Crippen molar-refractivity contribution in [2.45, 2.75) is 44.4 Å². The Bertz CT molecular complexity index is 836. The molecule has 27 heavy (non-hydrogen) atoms. The third kappa shape index (κ3) is 3.88. The minimum atomic E-state index is -0.466. The van der Waals surface area contributed by atoms with Crippen molar-refractivity contribution in [3.05, 3.63) is 71.3 Å². The number of nitrogens with zero attached hydrogens (tertiary/aromatic N) is 1. The van der Waals surface area contributed by atoms with Crippen LogP contribution < -0.4 is 10.6 Å². The molecule has 5 nitrogen and oxygen atoms in total. The van der Waals surface area contributed by atoms with Gasteiger partial charge in [0.1, 0.15) is 12.1 Å². The summed E-state index contributed by atoms with van der Waals surface area (Å²) in [6, 6.07) is 17.5. The molecule has 2 fully saturated rings. The lowest BCUT2D eigenvalue weighted by Crippen LogP contribution is -2.61. The highest BCUT2D eigenvalue weighted by Gasteiger charge is 2.46. The molecule has 140 valence electrons. The Labute approximate surface area is 159 Å². The van der Waals surface area contributed by atoms with E-state index in [4.69, 9.17) is 0 Å². The van der Waals surface area contributed by atoms with E-state index in [0.29, 0.717) is 19.4 Å². The lowest BCUT2D eigenvalue weighted by atomic mass is 10.0. The molecule has 0 unspecified atom stereocenters. The quantitative estimate of drug-likeness (QED) is 0.852. The molecular weight excluding hydrogens is 338 g/mol. The summed E-state index contributed by atoms with van der Waals surface area (Å²) in [4.78, 5) is 27.2. The van der Waals surface area contributed by atoms with Crippen molar-refractivity contribution in [1.82, 2.24) is 15.5 Å². The fraction of sp³-hybridized carbons (Fsp3) is 0.364. The van der Waals surface area contributed by atoms with Crippen molar-refractivity contribution in [1.29, 1.82) is 0 Å². The highest BCUT2D eigenvalue weighted by molar-refractivity contribution is 5.97. The van der Waals surface area contributed by atoms with Gasteiger partial charge in [0.05, 0.1) is 0 Å². The number of amides is 2. The second kappa shape index (κ2) is 7.53. The van der Waals surface area contributed by atoms with Crippen LogP contribution in [0.5, 0.6) is 0 Å². The standard InChI is InChI=1S/C22H25N3O2/c1-15-6-5-9-17(10-15)13-23-18-12-20-21(26)24-19(22(27)25(20)14-18)11-16-7-3-2-4-8-16/h2-10,18-20,23H,11-14H2,1H3,(H,24,26)/t18-,19+,20-/m0/s1. The average molecular weight is 363 g/mol. The van der Waals surface area contributed by atoms with Gasteiger partial charge in [-0.2, -0.15) is 0 Å². The number of hydrogen-bond donors (Lipinski definition) is 2. The molecule has 5 heteroatoms. The Morgan fingerprint density at radius 1 is 1.07 bits per heavy atom. The van der Waals surface area contributed by atoms with E-state index in [1.54, 1.807) is 4.90 Å². The first-order chi connectivity index (χ1) is 13.1. The predicted molar refractivity (Wildman–Crippen MR) is 104 cm³/mol. The van der Waals surface area contributed by atoms with Gasteiger partial charge in [-0.3, -0.25) is 9.59 Å². The van der Waals surface area contributed by atoms with Gasteiger partial charge in [0, 0.05) is 25.6 Å². The van der Waals surface area contributed by atoms with Gasteiger partial charge in [0.2, 0.25) is 11.8 Å². The molecule has 2 saturated heterocycles. The molecule has 0 radical (unpaired) electrons. The van der Waals surface area contributed by atoms with E-state index in [2.05, 4.69) is 41.8 Å². The Morgan fingerprint density at radius 2 is 1.85 bits per heavy atom. The number of carbonyl (C=O) groups excluding carboxylic acids is 2. The Kier molecular flexibility index (Phi) is 4.94. The van der Waals surface area contributed by atoms with Gasteiger partial charge in [-0.15, -0.1) is 0 Å². The van der Waals surface area contributed by atoms with E-state index in [1.165, 1.54) is 11.1 Å². The maximum absolute atomic E-state index is 12.9. The second-order valence-corrected chi connectivity index (χ2v) is 7.56. The first-order valence-electron chi connectivity index (χ1n) is 9.54. The molecule has 3 atom stereocenters. The fourth-order valence-electron chi connectivity index (χ4n) is 4.08. The summed E-state index contributed by atoms with van der Waals surface area (Å²) in [6.45, 7) is 3.42. The SMILES string of the molecule is Cc1cccc(CN[C@H]2C[C@H]3C(=O)N[C@H](Cc4ccccc4)C(=O)N3C2)c1. The molecule has 0 aliphatic carbocycles. The number of carbonyl (C=O) groups is 2. The number of fused-ring (bicyclic) bond motifs is 1. The second-order valence-electron chi connectivity index (χ2n) is 7.56. The first kappa shape index (κ1) is 17.7. The molecule has 2 aliphatic heterocycles. The van der Waals surface area contributed by atoms with Crippen molar-refractivity contribution in [3.8, 4) is 0 Å². The number of benzene rings is 2. The Hall–Kier alpha value is -2.66. The molecular formula is C22H25N3O2. The zero-order valence-corrected chi connectivity index (χ0v) is 15.5. The van der Waals surface area contributed by atoms with Crippen LogP contribution >= 0.6 is 0 Å². The predicted octanol–water partition coefficient (Wildman–Crippen LogP) is 1.80. The van der Waals surface area contributed by atoms with Gasteiger partial charge in [-0.25, -0.2) is 0 Å². The normalized spacial score (nSPS) is 24.6. The van der Waals surface area contributed by atoms with Crippen LogP contribution in [0.2, 0.25) is 0 Å². The number of piperazine rings is 1. The molecule has 2 N–H and O–H groups in total. The molecule has 0 aromatic heterocycles. The van der Waals surface area contributed by atoms with Crippen molar-refractivity contribution in [2.75, 3.05) is 6.54 Å². The van der Waals surface area contributed by atoms with E-state index < -0.39 is 6.04 Å². The third-order valence-electron chi connectivity index (χ3n) is 5.46. The maximum Gasteiger partial charge on any atom is 0.246 e. The highest BCUT2D eigenvalue weighted by atomic mass is 16.2. The van der Waals surface area contributed by atoms with E-state index in [-0.39, 0.29) is 23.9 Å². The minimum Gasteiger partial charge on any atom is -0.342 e. The highest BCUT2D eigenvalue weighted by Crippen LogP contribution is 2.24. The van der Waals surface area contributed by atoms with Crippen molar-refractivity contribution < 1.29 is 9.59 Å². The van der Waals surface area contributed by atoms with Gasteiger partial charge >= 0.3 is 0 Å². The monoisotopic (exact) mass is 363 g/mol. The van der Waals surface area contributed by atoms with Crippen molar-refractivity contribution in [2.24, 2.45) is 0 Å². The number of aryl methyl sites for hydroxylation is 1. The van der Waals surface area contributed by atoms with Gasteiger partial charge in [0.15, 0.2) is 0 Å². The van der Waals surface area contributed by atoms with Gasteiger partial charge < -0.3 is 15.5 Å². The van der Waals surface area contributed by atoms with E-state index in [1.807, 2.05) is 30.3 Å². The minimum absolute atomic E-state index is 0.0308. The summed E-state index contributed by atoms with van der Waals surface area (Å²) in [5.74, 6) is -0.00121. The molecule has 2 aromatic carbocycles. The molecule has 2 heterocycles. The van der Waals surface area contributed by atoms with Crippen LogP contribution in [0.4, 0.5) is 0 Å². The molecule has 2 aromatic rings. The van der Waals surface area contributed by atoms with Crippen molar-refractivity contribution >= 4 is 11.8 Å². The summed E-state index contributed by atoms with van der Waals surface area (Å²) < 4.78 is 0. The molecule has 0 bridgehead atoms. The van der Waals surface area contributed by atoms with Crippen LogP contribution in [0.25, 0.3) is 0 Å². The van der Waals surface area contributed by atoms with E-state index >= 15 is 0 Å². The van der Waals surface area contributed by atoms with E-state index in [9.17, 15) is 9.59 Å². The van der Waals surface area contributed by atoms with Crippen LogP contribution in [-0.4, -0.2) is 41.4 Å². The zero-order valence-electron chi connectivity index (χ0n) is 15.5. The summed E-state index contributed by atoms with van der Waals surface area (Å²) in [7, 11) is 0. The molecule has 2 aliphatic rings. The molecule has 0 saturated carbocycles. The smallest absolute Gasteiger partial charge is 0.246 e. The number of nitrogens with one attached hydrogen (secondary N) is 2. The largest absolute Gasteiger partial charge is 0.342 e. The van der Waals surface area contributed by atoms with Crippen LogP contribution in [0, 0.1) is 6.92 Å². The van der Waals surface area contributed by atoms with Gasteiger partial charge in [0.25, 0.3) is 0 Å². The Morgan fingerprint density at radius 3 is 2.63 bits per heavy atom. The fourth-order valence-corrected chi connectivity index (χ4v) is 4.08. The summed E-state index contributed by atoms with van der Waals surface area (Å²) in [5.41, 5.74) is 3.51. The van der Waals surface area contributed by atoms with E-state index in [0.717, 1.165) is 12.1 Å². The molecule has 2 amide bonds. The van der Waals surface area contributed by atoms with Crippen LogP contribution in [-0.2, 0) is 22.6 Å². The number of hydrogen-bond acceptors (Lipinski definition) is 3. The Balaban J connectivity index is 1.39. The molecule has 4 rings (SSSR count). The number of rotatable bonds is 5. The van der Waals surface area contributed by atoms with Crippen LogP contribution in [0.1, 0.15) is 23.1 Å². The summed E-state index contributed by atoms with van der Waals surface area (Å²) >= 11 is 0. The van der Waals surface area contributed by atoms with Gasteiger partial charge in [-0.1, -0.05) is 60.2 Å². The topological polar surface area (TPSA) is 61.4 Å². The zero-order chi connectivity index (χ0) is 18.8. The van der Waals surface area contributed by atoms with Crippen molar-refractivity contribution in [3.63, 3.8) is 0 Å². The summed E-state index contributed by atoms with van der Waals surface area (Å²) in [6.07, 6.45) is 1.21. The first-order valence-corrected chi connectivity index (χ1v) is 9.54. The third-order valence-corrected chi connectivity index (χ3v) is 5.46. The molecule has 0 spiro atoms. The van der Waals surface area contributed by atoms with Crippen LogP contribution in [0.15, 0.2) is 54.6 Å². The lowest BCUT2D eigenvalue weighted by molar-refractivity contribution is -0.147. The summed E-state index contributed by atoms with van der Waals surface area (Å²) in [5, 5.41) is 6.44. The average Bonchev–Trinajstić information content (AvgIpc) is 3.10. The maximum atomic E-state index is 12.9.